The number of benzene rings is 1. The lowest BCUT2D eigenvalue weighted by Crippen LogP contribution is -2.39. The maximum Gasteiger partial charge on any atom is 0.115 e. The average molecular weight is 235 g/mol. The van der Waals surface area contributed by atoms with Crippen LogP contribution in [0.2, 0.25) is 0 Å². The molecule has 0 aliphatic carbocycles. The fraction of sp³-hybridized carbons (Fsp3) is 0.600. The van der Waals surface area contributed by atoms with Crippen molar-refractivity contribution in [1.29, 1.82) is 0 Å². The molecule has 17 heavy (non-hydrogen) atoms. The van der Waals surface area contributed by atoms with Gasteiger partial charge in [0.15, 0.2) is 0 Å². The minimum absolute atomic E-state index is 0.254. The fourth-order valence-corrected chi connectivity index (χ4v) is 1.71. The maximum absolute atomic E-state index is 9.30. The van der Waals surface area contributed by atoms with Crippen molar-refractivity contribution in [3.8, 4) is 5.75 Å². The molecule has 0 saturated heterocycles. The van der Waals surface area contributed by atoms with E-state index in [0.717, 1.165) is 6.42 Å². The highest BCUT2D eigenvalue weighted by molar-refractivity contribution is 5.28. The Morgan fingerprint density at radius 3 is 2.12 bits per heavy atom. The van der Waals surface area contributed by atoms with Crippen molar-refractivity contribution < 1.29 is 5.11 Å². The molecule has 0 aliphatic heterocycles. The summed E-state index contributed by atoms with van der Waals surface area (Å²) in [5.74, 6) is 0.326. The number of aromatic hydroxyl groups is 1. The standard InChI is InChI=1S/C15H25NO/c1-6-14(16-11(2)15(3,4)5)12-7-9-13(17)10-8-12/h7-11,14,16-17H,6H2,1-5H3. The maximum atomic E-state index is 9.30. The van der Waals surface area contributed by atoms with E-state index in [2.05, 4.69) is 39.9 Å². The molecule has 2 N–H and O–H groups in total. The molecule has 0 spiro atoms. The van der Waals surface area contributed by atoms with Gasteiger partial charge in [-0.25, -0.2) is 0 Å². The van der Waals surface area contributed by atoms with E-state index in [0.29, 0.717) is 17.8 Å². The first kappa shape index (κ1) is 14.0. The molecule has 0 saturated carbocycles. The minimum atomic E-state index is 0.254. The Hall–Kier alpha value is -1.02. The Labute approximate surface area is 105 Å². The Kier molecular flexibility index (Phi) is 4.58. The summed E-state index contributed by atoms with van der Waals surface area (Å²) in [5, 5.41) is 13.0. The molecule has 1 rings (SSSR count). The van der Waals surface area contributed by atoms with E-state index in [1.165, 1.54) is 5.56 Å². The van der Waals surface area contributed by atoms with Crippen LogP contribution in [0.25, 0.3) is 0 Å². The van der Waals surface area contributed by atoms with Gasteiger partial charge in [-0.15, -0.1) is 0 Å². The van der Waals surface area contributed by atoms with Gasteiger partial charge in [-0.1, -0.05) is 39.8 Å². The van der Waals surface area contributed by atoms with Gasteiger partial charge in [-0.2, -0.15) is 0 Å². The van der Waals surface area contributed by atoms with Crippen molar-refractivity contribution in [3.63, 3.8) is 0 Å². The van der Waals surface area contributed by atoms with E-state index in [1.807, 2.05) is 12.1 Å². The molecule has 0 radical (unpaired) electrons. The zero-order valence-corrected chi connectivity index (χ0v) is 11.6. The summed E-state index contributed by atoms with van der Waals surface area (Å²) in [5.41, 5.74) is 1.49. The smallest absolute Gasteiger partial charge is 0.115 e. The van der Waals surface area contributed by atoms with Crippen LogP contribution < -0.4 is 5.32 Å². The highest BCUT2D eigenvalue weighted by Gasteiger charge is 2.22. The van der Waals surface area contributed by atoms with E-state index >= 15 is 0 Å². The largest absolute Gasteiger partial charge is 0.508 e. The number of nitrogens with one attached hydrogen (secondary N) is 1. The van der Waals surface area contributed by atoms with Crippen LogP contribution in [0, 0.1) is 5.41 Å². The molecule has 0 fully saturated rings. The molecule has 0 heterocycles. The Balaban J connectivity index is 2.75. The number of hydrogen-bond donors (Lipinski definition) is 2. The molecule has 0 bridgehead atoms. The van der Waals surface area contributed by atoms with Crippen LogP contribution in [-0.2, 0) is 0 Å². The lowest BCUT2D eigenvalue weighted by molar-refractivity contribution is 0.260. The second-order valence-corrected chi connectivity index (χ2v) is 5.81. The van der Waals surface area contributed by atoms with Gasteiger partial charge >= 0.3 is 0 Å². The molecule has 0 amide bonds. The summed E-state index contributed by atoms with van der Waals surface area (Å²) in [6.07, 6.45) is 1.05. The molecule has 0 aliphatic rings. The van der Waals surface area contributed by atoms with E-state index in [-0.39, 0.29) is 5.41 Å². The quantitative estimate of drug-likeness (QED) is 0.830. The van der Waals surface area contributed by atoms with Crippen LogP contribution in [-0.4, -0.2) is 11.1 Å². The summed E-state index contributed by atoms with van der Waals surface area (Å²) in [4.78, 5) is 0. The van der Waals surface area contributed by atoms with Gasteiger partial charge in [0.1, 0.15) is 5.75 Å². The highest BCUT2D eigenvalue weighted by atomic mass is 16.3. The molecule has 2 heteroatoms. The van der Waals surface area contributed by atoms with Crippen molar-refractivity contribution in [1.82, 2.24) is 5.32 Å². The number of hydrogen-bond acceptors (Lipinski definition) is 2. The van der Waals surface area contributed by atoms with Gasteiger partial charge in [0.2, 0.25) is 0 Å². The third-order valence-electron chi connectivity index (χ3n) is 3.45. The van der Waals surface area contributed by atoms with Crippen molar-refractivity contribution in [2.45, 2.75) is 53.1 Å². The zero-order chi connectivity index (χ0) is 13.1. The van der Waals surface area contributed by atoms with Crippen LogP contribution >= 0.6 is 0 Å². The van der Waals surface area contributed by atoms with E-state index in [9.17, 15) is 5.11 Å². The first-order valence-electron chi connectivity index (χ1n) is 6.39. The van der Waals surface area contributed by atoms with Crippen molar-refractivity contribution >= 4 is 0 Å². The molecule has 2 unspecified atom stereocenters. The van der Waals surface area contributed by atoms with Gasteiger partial charge in [-0.3, -0.25) is 0 Å². The van der Waals surface area contributed by atoms with Gasteiger partial charge in [-0.05, 0) is 36.5 Å². The molecule has 96 valence electrons. The molecule has 2 atom stereocenters. The van der Waals surface area contributed by atoms with Crippen LogP contribution in [0.3, 0.4) is 0 Å². The van der Waals surface area contributed by atoms with Crippen molar-refractivity contribution in [3.05, 3.63) is 29.8 Å². The Morgan fingerprint density at radius 1 is 1.18 bits per heavy atom. The zero-order valence-electron chi connectivity index (χ0n) is 11.6. The summed E-state index contributed by atoms with van der Waals surface area (Å²) in [6, 6.07) is 8.28. The fourth-order valence-electron chi connectivity index (χ4n) is 1.71. The molecule has 1 aromatic rings. The third-order valence-corrected chi connectivity index (χ3v) is 3.45. The van der Waals surface area contributed by atoms with Crippen molar-refractivity contribution in [2.75, 3.05) is 0 Å². The number of phenols is 1. The molecular weight excluding hydrogens is 210 g/mol. The molecular formula is C15H25NO. The topological polar surface area (TPSA) is 32.3 Å². The number of phenolic OH excluding ortho intramolecular Hbond substituents is 1. The SMILES string of the molecule is CCC(NC(C)C(C)(C)C)c1ccc(O)cc1. The summed E-state index contributed by atoms with van der Waals surface area (Å²) < 4.78 is 0. The van der Waals surface area contributed by atoms with Gasteiger partial charge in [0.25, 0.3) is 0 Å². The first-order chi connectivity index (χ1) is 7.84. The monoisotopic (exact) mass is 235 g/mol. The molecule has 1 aromatic carbocycles. The van der Waals surface area contributed by atoms with E-state index in [1.54, 1.807) is 12.1 Å². The average Bonchev–Trinajstić information content (AvgIpc) is 2.25. The first-order valence-corrected chi connectivity index (χ1v) is 6.39. The summed E-state index contributed by atoms with van der Waals surface area (Å²) in [7, 11) is 0. The van der Waals surface area contributed by atoms with Crippen LogP contribution in [0.1, 0.15) is 52.6 Å². The van der Waals surface area contributed by atoms with E-state index in [4.69, 9.17) is 0 Å². The normalized spacial score (nSPS) is 15.6. The van der Waals surface area contributed by atoms with Crippen LogP contribution in [0.4, 0.5) is 0 Å². The Bertz CT molecular complexity index is 337. The van der Waals surface area contributed by atoms with Crippen LogP contribution in [0.5, 0.6) is 5.75 Å². The predicted octanol–water partition coefficient (Wildman–Crippen LogP) is 3.87. The third kappa shape index (κ3) is 4.04. The van der Waals surface area contributed by atoms with Crippen LogP contribution in [0.15, 0.2) is 24.3 Å². The second kappa shape index (κ2) is 5.54. The second-order valence-electron chi connectivity index (χ2n) is 5.81. The number of rotatable bonds is 4. The van der Waals surface area contributed by atoms with Gasteiger partial charge in [0.05, 0.1) is 0 Å². The molecule has 2 nitrogen and oxygen atoms in total. The summed E-state index contributed by atoms with van der Waals surface area (Å²) >= 11 is 0. The minimum Gasteiger partial charge on any atom is -0.508 e. The summed E-state index contributed by atoms with van der Waals surface area (Å²) in [6.45, 7) is 11.1. The highest BCUT2D eigenvalue weighted by Crippen LogP contribution is 2.25. The van der Waals surface area contributed by atoms with E-state index < -0.39 is 0 Å². The Morgan fingerprint density at radius 2 is 1.71 bits per heavy atom. The predicted molar refractivity (Wildman–Crippen MR) is 73.2 cm³/mol. The lowest BCUT2D eigenvalue weighted by Gasteiger charge is -2.32. The van der Waals surface area contributed by atoms with Gasteiger partial charge < -0.3 is 10.4 Å². The van der Waals surface area contributed by atoms with Crippen molar-refractivity contribution in [2.24, 2.45) is 5.41 Å². The molecule has 0 aromatic heterocycles. The van der Waals surface area contributed by atoms with Gasteiger partial charge in [0, 0.05) is 12.1 Å². The lowest BCUT2D eigenvalue weighted by atomic mass is 9.87.